The lowest BCUT2D eigenvalue weighted by atomic mass is 10.0. The molecule has 2 aromatic carbocycles. The van der Waals surface area contributed by atoms with Gasteiger partial charge < -0.3 is 15.2 Å². The summed E-state index contributed by atoms with van der Waals surface area (Å²) in [6.45, 7) is 4.16. The Kier molecular flexibility index (Phi) is 7.09. The second-order valence-corrected chi connectivity index (χ2v) is 5.91. The van der Waals surface area contributed by atoms with Crippen LogP contribution in [0, 0.1) is 0 Å². The van der Waals surface area contributed by atoms with Gasteiger partial charge in [-0.2, -0.15) is 0 Å². The first-order valence-corrected chi connectivity index (χ1v) is 8.44. The SMILES string of the molecule is CCCOc1cc(C(CN)N(C)Cc2ccccc2)ccc1OC. The summed E-state index contributed by atoms with van der Waals surface area (Å²) in [5.74, 6) is 1.54. The maximum atomic E-state index is 6.07. The Morgan fingerprint density at radius 3 is 2.46 bits per heavy atom. The zero-order valence-corrected chi connectivity index (χ0v) is 14.9. The smallest absolute Gasteiger partial charge is 0.161 e. The molecule has 0 aromatic heterocycles. The van der Waals surface area contributed by atoms with Gasteiger partial charge in [-0.15, -0.1) is 0 Å². The maximum absolute atomic E-state index is 6.07. The van der Waals surface area contributed by atoms with Crippen molar-refractivity contribution in [3.05, 3.63) is 59.7 Å². The fourth-order valence-corrected chi connectivity index (χ4v) is 2.78. The molecule has 0 fully saturated rings. The highest BCUT2D eigenvalue weighted by Gasteiger charge is 2.18. The zero-order chi connectivity index (χ0) is 17.4. The Labute approximate surface area is 145 Å². The van der Waals surface area contributed by atoms with Crippen LogP contribution >= 0.6 is 0 Å². The monoisotopic (exact) mass is 328 g/mol. The average molecular weight is 328 g/mol. The Morgan fingerprint density at radius 2 is 1.83 bits per heavy atom. The van der Waals surface area contributed by atoms with Gasteiger partial charge in [-0.25, -0.2) is 0 Å². The van der Waals surface area contributed by atoms with Crippen LogP contribution in [-0.2, 0) is 6.54 Å². The molecule has 4 heteroatoms. The van der Waals surface area contributed by atoms with Gasteiger partial charge in [0.2, 0.25) is 0 Å². The molecule has 1 atom stereocenters. The summed E-state index contributed by atoms with van der Waals surface area (Å²) in [5.41, 5.74) is 8.48. The number of nitrogens with two attached hydrogens (primary N) is 1. The maximum Gasteiger partial charge on any atom is 0.161 e. The average Bonchev–Trinajstić information content (AvgIpc) is 2.61. The highest BCUT2D eigenvalue weighted by molar-refractivity contribution is 5.44. The van der Waals surface area contributed by atoms with E-state index >= 15 is 0 Å². The van der Waals surface area contributed by atoms with Crippen molar-refractivity contribution in [1.82, 2.24) is 4.90 Å². The van der Waals surface area contributed by atoms with Crippen molar-refractivity contribution in [2.24, 2.45) is 5.73 Å². The number of hydrogen-bond acceptors (Lipinski definition) is 4. The van der Waals surface area contributed by atoms with Crippen LogP contribution in [0.4, 0.5) is 0 Å². The Morgan fingerprint density at radius 1 is 1.08 bits per heavy atom. The second-order valence-electron chi connectivity index (χ2n) is 5.91. The van der Waals surface area contributed by atoms with E-state index < -0.39 is 0 Å². The van der Waals surface area contributed by atoms with Gasteiger partial charge in [0.05, 0.1) is 13.7 Å². The standard InChI is InChI=1S/C20H28N2O2/c1-4-12-24-20-13-17(10-11-19(20)23-3)18(14-21)22(2)15-16-8-6-5-7-9-16/h5-11,13,18H,4,12,14-15,21H2,1-3H3. The van der Waals surface area contributed by atoms with Crippen LogP contribution in [0.1, 0.15) is 30.5 Å². The van der Waals surface area contributed by atoms with Crippen molar-refractivity contribution in [1.29, 1.82) is 0 Å². The predicted molar refractivity (Wildman–Crippen MR) is 98.5 cm³/mol. The van der Waals surface area contributed by atoms with Crippen molar-refractivity contribution in [3.63, 3.8) is 0 Å². The number of hydrogen-bond donors (Lipinski definition) is 1. The van der Waals surface area contributed by atoms with E-state index in [9.17, 15) is 0 Å². The molecular formula is C20H28N2O2. The first kappa shape index (κ1) is 18.3. The first-order chi connectivity index (χ1) is 11.7. The third kappa shape index (κ3) is 4.73. The molecule has 24 heavy (non-hydrogen) atoms. The first-order valence-electron chi connectivity index (χ1n) is 8.44. The van der Waals surface area contributed by atoms with Crippen molar-refractivity contribution in [2.75, 3.05) is 27.3 Å². The number of likely N-dealkylation sites (N-methyl/N-ethyl adjacent to an activating group) is 1. The molecule has 0 spiro atoms. The second kappa shape index (κ2) is 9.30. The Bertz CT molecular complexity index is 616. The Hall–Kier alpha value is -2.04. The number of nitrogens with zero attached hydrogens (tertiary/aromatic N) is 1. The molecule has 2 N–H and O–H groups in total. The molecule has 4 nitrogen and oxygen atoms in total. The van der Waals surface area contributed by atoms with Crippen LogP contribution in [0.5, 0.6) is 11.5 Å². The van der Waals surface area contributed by atoms with Gasteiger partial charge in [0.1, 0.15) is 0 Å². The molecule has 0 amide bonds. The van der Waals surface area contributed by atoms with Gasteiger partial charge in [-0.05, 0) is 36.7 Å². The number of methoxy groups -OCH3 is 1. The van der Waals surface area contributed by atoms with Crippen LogP contribution in [0.15, 0.2) is 48.5 Å². The van der Waals surface area contributed by atoms with Crippen LogP contribution in [-0.4, -0.2) is 32.2 Å². The van der Waals surface area contributed by atoms with Crippen LogP contribution in [0.2, 0.25) is 0 Å². The lowest BCUT2D eigenvalue weighted by molar-refractivity contribution is 0.240. The fourth-order valence-electron chi connectivity index (χ4n) is 2.78. The molecule has 0 aliphatic rings. The van der Waals surface area contributed by atoms with Crippen molar-refractivity contribution in [3.8, 4) is 11.5 Å². The fraction of sp³-hybridized carbons (Fsp3) is 0.400. The zero-order valence-electron chi connectivity index (χ0n) is 14.9. The third-order valence-electron chi connectivity index (χ3n) is 4.06. The van der Waals surface area contributed by atoms with Gasteiger partial charge >= 0.3 is 0 Å². The molecule has 0 radical (unpaired) electrons. The molecule has 0 saturated heterocycles. The quantitative estimate of drug-likeness (QED) is 0.764. The number of benzene rings is 2. The summed E-state index contributed by atoms with van der Waals surface area (Å²) < 4.78 is 11.2. The molecule has 130 valence electrons. The summed E-state index contributed by atoms with van der Waals surface area (Å²) in [5, 5.41) is 0. The minimum atomic E-state index is 0.125. The highest BCUT2D eigenvalue weighted by atomic mass is 16.5. The van der Waals surface area contributed by atoms with Gasteiger partial charge in [0.25, 0.3) is 0 Å². The molecule has 0 aliphatic heterocycles. The van der Waals surface area contributed by atoms with E-state index in [0.717, 1.165) is 30.0 Å². The largest absolute Gasteiger partial charge is 0.493 e. The minimum absolute atomic E-state index is 0.125. The van der Waals surface area contributed by atoms with Gasteiger partial charge in [-0.3, -0.25) is 4.90 Å². The third-order valence-corrected chi connectivity index (χ3v) is 4.06. The van der Waals surface area contributed by atoms with Crippen LogP contribution in [0.3, 0.4) is 0 Å². The summed E-state index contributed by atoms with van der Waals surface area (Å²) in [6, 6.07) is 16.6. The van der Waals surface area contributed by atoms with Crippen molar-refractivity contribution >= 4 is 0 Å². The summed E-state index contributed by atoms with van der Waals surface area (Å²) in [6.07, 6.45) is 0.960. The predicted octanol–water partition coefficient (Wildman–Crippen LogP) is 3.62. The van der Waals surface area contributed by atoms with E-state index in [2.05, 4.69) is 49.2 Å². The molecule has 0 saturated carbocycles. The molecule has 0 bridgehead atoms. The molecule has 2 rings (SSSR count). The van der Waals surface area contributed by atoms with Crippen molar-refractivity contribution < 1.29 is 9.47 Å². The molecule has 1 unspecified atom stereocenters. The summed E-state index contributed by atoms with van der Waals surface area (Å²) >= 11 is 0. The number of ether oxygens (including phenoxy) is 2. The van der Waals surface area contributed by atoms with E-state index in [4.69, 9.17) is 15.2 Å². The molecule has 2 aromatic rings. The summed E-state index contributed by atoms with van der Waals surface area (Å²) in [7, 11) is 3.76. The van der Waals surface area contributed by atoms with E-state index in [0.29, 0.717) is 13.2 Å². The van der Waals surface area contributed by atoms with E-state index in [1.165, 1.54) is 5.56 Å². The minimum Gasteiger partial charge on any atom is -0.493 e. The molecular weight excluding hydrogens is 300 g/mol. The van der Waals surface area contributed by atoms with Gasteiger partial charge in [0, 0.05) is 19.1 Å². The summed E-state index contributed by atoms with van der Waals surface area (Å²) in [4.78, 5) is 2.26. The lowest BCUT2D eigenvalue weighted by Crippen LogP contribution is -2.30. The molecule has 0 heterocycles. The van der Waals surface area contributed by atoms with Gasteiger partial charge in [-0.1, -0.05) is 43.3 Å². The van der Waals surface area contributed by atoms with Crippen LogP contribution in [0.25, 0.3) is 0 Å². The van der Waals surface area contributed by atoms with Crippen LogP contribution < -0.4 is 15.2 Å². The van der Waals surface area contributed by atoms with Gasteiger partial charge in [0.15, 0.2) is 11.5 Å². The van der Waals surface area contributed by atoms with E-state index in [1.54, 1.807) is 7.11 Å². The van der Waals surface area contributed by atoms with E-state index in [1.807, 2.05) is 18.2 Å². The Balaban J connectivity index is 2.19. The molecule has 0 aliphatic carbocycles. The normalized spacial score (nSPS) is 12.2. The lowest BCUT2D eigenvalue weighted by Gasteiger charge is -2.28. The van der Waals surface area contributed by atoms with E-state index in [-0.39, 0.29) is 6.04 Å². The van der Waals surface area contributed by atoms with Crippen molar-refractivity contribution in [2.45, 2.75) is 25.9 Å². The number of rotatable bonds is 9. The highest BCUT2D eigenvalue weighted by Crippen LogP contribution is 2.32. The topological polar surface area (TPSA) is 47.7 Å².